The van der Waals surface area contributed by atoms with Gasteiger partial charge in [0.2, 0.25) is 0 Å². The van der Waals surface area contributed by atoms with Crippen molar-refractivity contribution in [2.75, 3.05) is 19.6 Å². The monoisotopic (exact) mass is 306 g/mol. The quantitative estimate of drug-likeness (QED) is 0.574. The maximum absolute atomic E-state index is 11.4. The lowest BCUT2D eigenvalue weighted by Crippen LogP contribution is -2.47. The average Bonchev–Trinajstić information content (AvgIpc) is 2.52. The van der Waals surface area contributed by atoms with E-state index in [0.717, 1.165) is 5.56 Å². The number of aliphatic carboxylic acids is 2. The molecule has 118 valence electrons. The lowest BCUT2D eigenvalue weighted by molar-refractivity contribution is -0.137. The summed E-state index contributed by atoms with van der Waals surface area (Å²) >= 11 is 0. The molecule has 1 aliphatic rings. The summed E-state index contributed by atoms with van der Waals surface area (Å²) in [5.41, 5.74) is 1.22. The van der Waals surface area contributed by atoms with Crippen LogP contribution in [0.4, 0.5) is 0 Å². The zero-order chi connectivity index (χ0) is 16.1. The van der Waals surface area contributed by atoms with Gasteiger partial charge in [-0.15, -0.1) is 0 Å². The first-order valence-electron chi connectivity index (χ1n) is 6.88. The van der Waals surface area contributed by atoms with E-state index in [1.165, 1.54) is 0 Å². The fraction of sp³-hybridized carbons (Fsp3) is 0.333. The molecule has 2 rings (SSSR count). The summed E-state index contributed by atoms with van der Waals surface area (Å²) in [7, 11) is 0. The Morgan fingerprint density at radius 2 is 2.05 bits per heavy atom. The third-order valence-corrected chi connectivity index (χ3v) is 3.62. The van der Waals surface area contributed by atoms with E-state index in [2.05, 4.69) is 5.32 Å². The van der Waals surface area contributed by atoms with Crippen LogP contribution in [0, 0.1) is 0 Å². The summed E-state index contributed by atoms with van der Waals surface area (Å²) in [6.07, 6.45) is 0.711. The minimum atomic E-state index is -1.30. The van der Waals surface area contributed by atoms with E-state index < -0.39 is 11.9 Å². The van der Waals surface area contributed by atoms with Gasteiger partial charge in [0.05, 0.1) is 18.7 Å². The Balaban J connectivity index is 2.43. The molecule has 1 aliphatic heterocycles. The van der Waals surface area contributed by atoms with Crippen molar-refractivity contribution >= 4 is 11.9 Å². The molecule has 1 aromatic rings. The first-order valence-corrected chi connectivity index (χ1v) is 6.88. The van der Waals surface area contributed by atoms with Gasteiger partial charge in [-0.25, -0.2) is 9.59 Å². The zero-order valence-electron chi connectivity index (χ0n) is 11.9. The van der Waals surface area contributed by atoms with Crippen LogP contribution in [0.5, 0.6) is 0 Å². The second-order valence-corrected chi connectivity index (χ2v) is 4.94. The standard InChI is InChI=1S/C15H18N2O5/c18-9-10-3-1-2-4-11(10)13-8-16-5-6-17(13)12(15(21)22)7-14(19)20/h1-4,7,13,16,18H,5-6,8-9H2,(H,19,20)(H,21,22). The molecule has 1 saturated heterocycles. The Kier molecular flexibility index (Phi) is 5.13. The van der Waals surface area contributed by atoms with Gasteiger partial charge in [0.1, 0.15) is 5.70 Å². The third kappa shape index (κ3) is 3.44. The largest absolute Gasteiger partial charge is 0.478 e. The predicted octanol–water partition coefficient (Wildman–Crippen LogP) is 0.178. The van der Waals surface area contributed by atoms with E-state index in [9.17, 15) is 19.8 Å². The van der Waals surface area contributed by atoms with Crippen molar-refractivity contribution in [1.29, 1.82) is 0 Å². The van der Waals surface area contributed by atoms with E-state index in [-0.39, 0.29) is 18.3 Å². The number of hydrogen-bond donors (Lipinski definition) is 4. The summed E-state index contributed by atoms with van der Waals surface area (Å²) < 4.78 is 0. The molecule has 0 radical (unpaired) electrons. The number of benzene rings is 1. The Morgan fingerprint density at radius 3 is 2.68 bits per heavy atom. The van der Waals surface area contributed by atoms with Gasteiger partial charge in [0, 0.05) is 19.6 Å². The summed E-state index contributed by atoms with van der Waals surface area (Å²) in [6, 6.07) is 6.84. The molecule has 1 unspecified atom stereocenters. The molecule has 0 amide bonds. The number of rotatable bonds is 5. The molecule has 1 fully saturated rings. The lowest BCUT2D eigenvalue weighted by atomic mass is 9.97. The molecule has 0 bridgehead atoms. The predicted molar refractivity (Wildman–Crippen MR) is 78.0 cm³/mol. The van der Waals surface area contributed by atoms with Crippen LogP contribution in [0.2, 0.25) is 0 Å². The van der Waals surface area contributed by atoms with Crippen molar-refractivity contribution in [3.05, 3.63) is 47.2 Å². The molecule has 7 nitrogen and oxygen atoms in total. The van der Waals surface area contributed by atoms with Crippen molar-refractivity contribution in [2.45, 2.75) is 12.6 Å². The van der Waals surface area contributed by atoms with Gasteiger partial charge in [0.25, 0.3) is 0 Å². The van der Waals surface area contributed by atoms with Gasteiger partial charge in [0.15, 0.2) is 0 Å². The number of nitrogens with zero attached hydrogens (tertiary/aromatic N) is 1. The molecule has 0 aromatic heterocycles. The van der Waals surface area contributed by atoms with E-state index in [4.69, 9.17) is 5.11 Å². The highest BCUT2D eigenvalue weighted by Crippen LogP contribution is 2.28. The molecule has 0 aliphatic carbocycles. The fourth-order valence-electron chi connectivity index (χ4n) is 2.66. The maximum Gasteiger partial charge on any atom is 0.352 e. The number of piperazine rings is 1. The Morgan fingerprint density at radius 1 is 1.32 bits per heavy atom. The van der Waals surface area contributed by atoms with Gasteiger partial charge >= 0.3 is 11.9 Å². The number of carboxylic acid groups (broad SMARTS) is 2. The number of aliphatic hydroxyl groups is 1. The van der Waals surface area contributed by atoms with Gasteiger partial charge in [-0.1, -0.05) is 24.3 Å². The average molecular weight is 306 g/mol. The van der Waals surface area contributed by atoms with Crippen molar-refractivity contribution in [3.63, 3.8) is 0 Å². The molecule has 1 aromatic carbocycles. The minimum Gasteiger partial charge on any atom is -0.478 e. The maximum atomic E-state index is 11.4. The van der Waals surface area contributed by atoms with E-state index in [1.54, 1.807) is 17.0 Å². The minimum absolute atomic E-state index is 0.161. The number of nitrogens with one attached hydrogen (secondary N) is 1. The van der Waals surface area contributed by atoms with Crippen molar-refractivity contribution in [2.24, 2.45) is 0 Å². The molecule has 1 atom stereocenters. The van der Waals surface area contributed by atoms with Crippen LogP contribution in [0.25, 0.3) is 0 Å². The molecular weight excluding hydrogens is 288 g/mol. The SMILES string of the molecule is O=C(O)C=C(C(=O)O)N1CCNCC1c1ccccc1CO. The van der Waals surface area contributed by atoms with Crippen molar-refractivity contribution in [3.8, 4) is 0 Å². The lowest BCUT2D eigenvalue weighted by Gasteiger charge is -2.38. The first kappa shape index (κ1) is 16.0. The van der Waals surface area contributed by atoms with E-state index in [1.807, 2.05) is 12.1 Å². The van der Waals surface area contributed by atoms with Crippen LogP contribution in [-0.4, -0.2) is 51.8 Å². The highest BCUT2D eigenvalue weighted by molar-refractivity contribution is 5.94. The Bertz CT molecular complexity index is 599. The van der Waals surface area contributed by atoms with Gasteiger partial charge in [-0.3, -0.25) is 0 Å². The number of carboxylic acids is 2. The van der Waals surface area contributed by atoms with Crippen LogP contribution >= 0.6 is 0 Å². The highest BCUT2D eigenvalue weighted by Gasteiger charge is 2.30. The normalized spacial score (nSPS) is 19.0. The topological polar surface area (TPSA) is 110 Å². The van der Waals surface area contributed by atoms with Crippen LogP contribution < -0.4 is 5.32 Å². The molecular formula is C15H18N2O5. The molecule has 1 heterocycles. The third-order valence-electron chi connectivity index (χ3n) is 3.62. The summed E-state index contributed by atoms with van der Waals surface area (Å²) in [5, 5.41) is 30.9. The van der Waals surface area contributed by atoms with Crippen LogP contribution in [-0.2, 0) is 16.2 Å². The summed E-state index contributed by atoms with van der Waals surface area (Å²) in [5.74, 6) is -2.58. The van der Waals surface area contributed by atoms with Gasteiger partial charge < -0.3 is 25.5 Å². The number of hydrogen-bond acceptors (Lipinski definition) is 5. The van der Waals surface area contributed by atoms with Crippen LogP contribution in [0.15, 0.2) is 36.0 Å². The van der Waals surface area contributed by atoms with Crippen LogP contribution in [0.1, 0.15) is 17.2 Å². The van der Waals surface area contributed by atoms with Crippen LogP contribution in [0.3, 0.4) is 0 Å². The molecule has 7 heteroatoms. The Labute approximate surface area is 127 Å². The van der Waals surface area contributed by atoms with E-state index >= 15 is 0 Å². The second-order valence-electron chi connectivity index (χ2n) is 4.94. The van der Waals surface area contributed by atoms with Gasteiger partial charge in [-0.05, 0) is 11.1 Å². The molecule has 22 heavy (non-hydrogen) atoms. The Hall–Kier alpha value is -2.38. The molecule has 4 N–H and O–H groups in total. The summed E-state index contributed by atoms with van der Waals surface area (Å²) in [4.78, 5) is 23.9. The first-order chi connectivity index (χ1) is 10.5. The van der Waals surface area contributed by atoms with Gasteiger partial charge in [-0.2, -0.15) is 0 Å². The summed E-state index contributed by atoms with van der Waals surface area (Å²) in [6.45, 7) is 1.24. The smallest absolute Gasteiger partial charge is 0.352 e. The highest BCUT2D eigenvalue weighted by atomic mass is 16.4. The second kappa shape index (κ2) is 7.06. The van der Waals surface area contributed by atoms with E-state index in [0.29, 0.717) is 31.3 Å². The fourth-order valence-corrected chi connectivity index (χ4v) is 2.66. The van der Waals surface area contributed by atoms with Crippen molar-refractivity contribution in [1.82, 2.24) is 10.2 Å². The number of carbonyl (C=O) groups is 2. The molecule has 0 saturated carbocycles. The van der Waals surface area contributed by atoms with Crippen molar-refractivity contribution < 1.29 is 24.9 Å². The number of aliphatic hydroxyl groups excluding tert-OH is 1. The molecule has 0 spiro atoms. The zero-order valence-corrected chi connectivity index (χ0v) is 11.9.